The number of phosphoric acid groups is 1. The number of carbonyl (C=O) groups excluding carboxylic acids is 2. The number of phosphoric ester groups is 1. The molecule has 9 nitrogen and oxygen atoms in total. The van der Waals surface area contributed by atoms with Gasteiger partial charge in [-0.15, -0.1) is 0 Å². The molecule has 0 saturated carbocycles. The molecule has 2 atom stereocenters. The minimum absolute atomic E-state index is 0.0565. The number of nitrogens with two attached hydrogens (primary N) is 1. The van der Waals surface area contributed by atoms with Gasteiger partial charge in [0, 0.05) is 19.4 Å². The number of rotatable bonds is 44. The van der Waals surface area contributed by atoms with E-state index in [0.717, 1.165) is 32.1 Å². The third kappa shape index (κ3) is 42.2. The number of ether oxygens (including phenoxy) is 2. The van der Waals surface area contributed by atoms with Crippen LogP contribution in [0.2, 0.25) is 0 Å². The highest BCUT2D eigenvalue weighted by Crippen LogP contribution is 2.43. The molecule has 0 fully saturated rings. The predicted molar refractivity (Wildman–Crippen MR) is 229 cm³/mol. The number of carbonyl (C=O) groups is 2. The van der Waals surface area contributed by atoms with E-state index in [1.165, 1.54) is 167 Å². The number of allylic oxidation sites excluding steroid dienone is 2. The van der Waals surface area contributed by atoms with Gasteiger partial charge in [0.2, 0.25) is 0 Å². The van der Waals surface area contributed by atoms with E-state index in [-0.39, 0.29) is 38.6 Å². The number of unbranched alkanes of at least 4 members (excludes halogenated alkanes) is 29. The molecule has 10 heteroatoms. The van der Waals surface area contributed by atoms with Crippen molar-refractivity contribution in [2.45, 2.75) is 238 Å². The Morgan fingerprint density at radius 3 is 1.29 bits per heavy atom. The molecule has 3 N–H and O–H groups in total. The average Bonchev–Trinajstić information content (AvgIpc) is 3.17. The molecule has 0 heterocycles. The summed E-state index contributed by atoms with van der Waals surface area (Å²) in [6.45, 7) is 3.76. The van der Waals surface area contributed by atoms with Crippen LogP contribution >= 0.6 is 7.82 Å². The lowest BCUT2D eigenvalue weighted by molar-refractivity contribution is -0.161. The van der Waals surface area contributed by atoms with Crippen molar-refractivity contribution in [3.63, 3.8) is 0 Å². The molecule has 0 aromatic heterocycles. The first-order valence-corrected chi connectivity index (χ1v) is 24.7. The van der Waals surface area contributed by atoms with Gasteiger partial charge >= 0.3 is 19.8 Å². The Morgan fingerprint density at radius 1 is 0.527 bits per heavy atom. The van der Waals surface area contributed by atoms with Crippen LogP contribution in [0.15, 0.2) is 12.2 Å². The minimum Gasteiger partial charge on any atom is -0.462 e. The summed E-state index contributed by atoms with van der Waals surface area (Å²) in [6.07, 6.45) is 43.9. The highest BCUT2D eigenvalue weighted by Gasteiger charge is 2.26. The molecule has 0 aliphatic rings. The molecule has 55 heavy (non-hydrogen) atoms. The van der Waals surface area contributed by atoms with Gasteiger partial charge in [0.05, 0.1) is 13.2 Å². The van der Waals surface area contributed by atoms with Crippen molar-refractivity contribution in [1.29, 1.82) is 0 Å². The highest BCUT2D eigenvalue weighted by molar-refractivity contribution is 7.47. The monoisotopic (exact) mass is 802 g/mol. The van der Waals surface area contributed by atoms with Crippen molar-refractivity contribution in [2.24, 2.45) is 5.73 Å². The van der Waals surface area contributed by atoms with E-state index in [0.29, 0.717) is 6.42 Å². The van der Waals surface area contributed by atoms with E-state index in [9.17, 15) is 19.0 Å². The minimum atomic E-state index is -4.37. The maximum absolute atomic E-state index is 12.6. The number of esters is 2. The first-order valence-electron chi connectivity index (χ1n) is 23.2. The molecule has 326 valence electrons. The molecular formula is C45H88NO8P. The molecule has 0 bridgehead atoms. The standard InChI is InChI=1S/C45H88NO8P/c1-3-5-7-9-11-13-15-17-18-19-20-21-22-23-24-26-27-29-31-33-35-37-44(47)51-41-43(42-53-55(49,50)52-40-39-46)54-45(48)38-36-34-32-30-28-25-16-14-12-10-8-6-4-2/h17-18,43H,3-16,19-42,46H2,1-2H3,(H,49,50). The smallest absolute Gasteiger partial charge is 0.462 e. The second-order valence-corrected chi connectivity index (χ2v) is 17.1. The van der Waals surface area contributed by atoms with Crippen LogP contribution in [0.5, 0.6) is 0 Å². The van der Waals surface area contributed by atoms with Crippen LogP contribution in [0.4, 0.5) is 0 Å². The fourth-order valence-corrected chi connectivity index (χ4v) is 7.45. The molecule has 0 aromatic rings. The summed E-state index contributed by atoms with van der Waals surface area (Å²) in [5.74, 6) is -0.817. The molecule has 0 rings (SSSR count). The SMILES string of the molecule is CCCCCCCCC=CCCCCCCCCCCCCCC(=O)OCC(COP(=O)(O)OCCN)OC(=O)CCCCCCCCCCCCCCC. The number of hydrogen-bond acceptors (Lipinski definition) is 8. The molecule has 0 aliphatic heterocycles. The second-order valence-electron chi connectivity index (χ2n) is 15.6. The molecule has 0 aliphatic carbocycles. The first kappa shape index (κ1) is 53.8. The van der Waals surface area contributed by atoms with Crippen LogP contribution in [0, 0.1) is 0 Å². The van der Waals surface area contributed by atoms with Gasteiger partial charge in [0.15, 0.2) is 6.10 Å². The predicted octanol–water partition coefficient (Wildman–Crippen LogP) is 13.4. The molecule has 0 spiro atoms. The van der Waals surface area contributed by atoms with Crippen LogP contribution < -0.4 is 5.73 Å². The largest absolute Gasteiger partial charge is 0.472 e. The molecule has 0 aromatic carbocycles. The van der Waals surface area contributed by atoms with Crippen LogP contribution in [0.1, 0.15) is 232 Å². The van der Waals surface area contributed by atoms with E-state index >= 15 is 0 Å². The average molecular weight is 802 g/mol. The van der Waals surface area contributed by atoms with Crippen molar-refractivity contribution in [1.82, 2.24) is 0 Å². The van der Waals surface area contributed by atoms with Crippen molar-refractivity contribution < 1.29 is 37.6 Å². The quantitative estimate of drug-likeness (QED) is 0.0267. The zero-order valence-electron chi connectivity index (χ0n) is 35.9. The van der Waals surface area contributed by atoms with E-state index < -0.39 is 26.5 Å². The van der Waals surface area contributed by atoms with Gasteiger partial charge in [-0.25, -0.2) is 4.57 Å². The maximum Gasteiger partial charge on any atom is 0.472 e. The Morgan fingerprint density at radius 2 is 0.891 bits per heavy atom. The fourth-order valence-electron chi connectivity index (χ4n) is 6.69. The lowest BCUT2D eigenvalue weighted by Crippen LogP contribution is -2.29. The highest BCUT2D eigenvalue weighted by atomic mass is 31.2. The lowest BCUT2D eigenvalue weighted by atomic mass is 10.0. The van der Waals surface area contributed by atoms with Crippen LogP contribution in [0.25, 0.3) is 0 Å². The van der Waals surface area contributed by atoms with E-state index in [4.69, 9.17) is 24.3 Å². The second kappa shape index (κ2) is 42.4. The summed E-state index contributed by atoms with van der Waals surface area (Å²) < 4.78 is 32.8. The van der Waals surface area contributed by atoms with Crippen molar-refractivity contribution in [3.05, 3.63) is 12.2 Å². The zero-order chi connectivity index (χ0) is 40.3. The van der Waals surface area contributed by atoms with Crippen LogP contribution in [0.3, 0.4) is 0 Å². The zero-order valence-corrected chi connectivity index (χ0v) is 36.8. The lowest BCUT2D eigenvalue weighted by Gasteiger charge is -2.19. The summed E-state index contributed by atoms with van der Waals surface area (Å²) in [5.41, 5.74) is 5.35. The normalized spacial score (nSPS) is 13.3. The van der Waals surface area contributed by atoms with Crippen molar-refractivity contribution in [2.75, 3.05) is 26.4 Å². The molecular weight excluding hydrogens is 713 g/mol. The summed E-state index contributed by atoms with van der Waals surface area (Å²) in [4.78, 5) is 34.9. The van der Waals surface area contributed by atoms with Gasteiger partial charge < -0.3 is 20.1 Å². The Balaban J connectivity index is 4.03. The van der Waals surface area contributed by atoms with Gasteiger partial charge in [0.25, 0.3) is 0 Å². The topological polar surface area (TPSA) is 134 Å². The van der Waals surface area contributed by atoms with Crippen molar-refractivity contribution >= 4 is 19.8 Å². The van der Waals surface area contributed by atoms with Gasteiger partial charge in [-0.2, -0.15) is 0 Å². The molecule has 0 saturated heterocycles. The van der Waals surface area contributed by atoms with E-state index in [1.54, 1.807) is 0 Å². The van der Waals surface area contributed by atoms with Crippen molar-refractivity contribution in [3.8, 4) is 0 Å². The van der Waals surface area contributed by atoms with Gasteiger partial charge in [-0.1, -0.05) is 193 Å². The summed E-state index contributed by atoms with van der Waals surface area (Å²) in [5, 5.41) is 0. The Bertz CT molecular complexity index is 917. The van der Waals surface area contributed by atoms with E-state index in [1.807, 2.05) is 0 Å². The van der Waals surface area contributed by atoms with Gasteiger partial charge in [-0.05, 0) is 38.5 Å². The fraction of sp³-hybridized carbons (Fsp3) is 0.911. The maximum atomic E-state index is 12.6. The Hall–Kier alpha value is -1.25. The molecule has 2 unspecified atom stereocenters. The summed E-state index contributed by atoms with van der Waals surface area (Å²) in [7, 11) is -4.37. The third-order valence-corrected chi connectivity index (χ3v) is 11.1. The first-order chi connectivity index (χ1) is 26.8. The molecule has 0 amide bonds. The summed E-state index contributed by atoms with van der Waals surface area (Å²) in [6, 6.07) is 0. The summed E-state index contributed by atoms with van der Waals surface area (Å²) >= 11 is 0. The third-order valence-electron chi connectivity index (χ3n) is 10.2. The number of hydrogen-bond donors (Lipinski definition) is 2. The Labute approximate surface area is 339 Å². The Kier molecular flexibility index (Phi) is 41.4. The van der Waals surface area contributed by atoms with Crippen LogP contribution in [-0.4, -0.2) is 49.3 Å². The van der Waals surface area contributed by atoms with Gasteiger partial charge in [0.1, 0.15) is 6.61 Å². The molecule has 0 radical (unpaired) electrons. The van der Waals surface area contributed by atoms with E-state index in [2.05, 4.69) is 26.0 Å². The van der Waals surface area contributed by atoms with Crippen LogP contribution in [-0.2, 0) is 32.7 Å². The van der Waals surface area contributed by atoms with Gasteiger partial charge in [-0.3, -0.25) is 18.6 Å².